The summed E-state index contributed by atoms with van der Waals surface area (Å²) in [5.74, 6) is 0.799. The van der Waals surface area contributed by atoms with Gasteiger partial charge in [0.15, 0.2) is 5.82 Å². The zero-order valence-electron chi connectivity index (χ0n) is 12.0. The molecule has 1 N–H and O–H groups in total. The minimum atomic E-state index is 0.325. The van der Waals surface area contributed by atoms with E-state index in [1.54, 1.807) is 11.8 Å². The Labute approximate surface area is 119 Å². The van der Waals surface area contributed by atoms with Crippen LogP contribution in [0.4, 0.5) is 0 Å². The van der Waals surface area contributed by atoms with Crippen LogP contribution in [0.3, 0.4) is 0 Å². The average molecular weight is 275 g/mol. The zero-order chi connectivity index (χ0) is 14.2. The lowest BCUT2D eigenvalue weighted by molar-refractivity contribution is 0.161. The van der Waals surface area contributed by atoms with Crippen molar-refractivity contribution < 1.29 is 4.74 Å². The van der Waals surface area contributed by atoms with Gasteiger partial charge in [-0.2, -0.15) is 4.68 Å². The predicted molar refractivity (Wildman–Crippen MR) is 76.6 cm³/mol. The molecule has 108 valence electrons. The maximum Gasteiger partial charge on any atom is 0.170 e. The van der Waals surface area contributed by atoms with E-state index in [0.717, 1.165) is 24.4 Å². The van der Waals surface area contributed by atoms with Crippen molar-refractivity contribution in [3.8, 4) is 5.69 Å². The largest absolute Gasteiger partial charge is 0.383 e. The van der Waals surface area contributed by atoms with Crippen molar-refractivity contribution in [2.45, 2.75) is 32.4 Å². The standard InChI is InChI=1S/C14H21N5O/c1-3-7-12(11-20-2)15-10-14-16-17-18-19(14)13-8-5-4-6-9-13/h4-6,8-9,12,15H,3,7,10-11H2,1-2H3. The first-order valence-electron chi connectivity index (χ1n) is 6.90. The van der Waals surface area contributed by atoms with Crippen molar-refractivity contribution in [3.63, 3.8) is 0 Å². The van der Waals surface area contributed by atoms with E-state index in [1.165, 1.54) is 0 Å². The van der Waals surface area contributed by atoms with Crippen molar-refractivity contribution in [2.75, 3.05) is 13.7 Å². The summed E-state index contributed by atoms with van der Waals surface area (Å²) < 4.78 is 6.97. The van der Waals surface area contributed by atoms with Gasteiger partial charge in [-0.05, 0) is 29.0 Å². The molecule has 0 saturated carbocycles. The van der Waals surface area contributed by atoms with Crippen LogP contribution >= 0.6 is 0 Å². The fourth-order valence-electron chi connectivity index (χ4n) is 2.12. The summed E-state index contributed by atoms with van der Waals surface area (Å²) in [6.07, 6.45) is 2.19. The molecule has 0 aliphatic rings. The highest BCUT2D eigenvalue weighted by Gasteiger charge is 2.11. The Hall–Kier alpha value is -1.79. The maximum atomic E-state index is 5.22. The second-order valence-corrected chi connectivity index (χ2v) is 4.66. The molecular formula is C14H21N5O. The maximum absolute atomic E-state index is 5.22. The summed E-state index contributed by atoms with van der Waals surface area (Å²) in [6.45, 7) is 3.48. The molecule has 1 unspecified atom stereocenters. The van der Waals surface area contributed by atoms with Crippen LogP contribution in [-0.2, 0) is 11.3 Å². The number of hydrogen-bond donors (Lipinski definition) is 1. The van der Waals surface area contributed by atoms with Gasteiger partial charge in [-0.3, -0.25) is 0 Å². The average Bonchev–Trinajstić information content (AvgIpc) is 2.94. The summed E-state index contributed by atoms with van der Waals surface area (Å²) in [5.41, 5.74) is 0.966. The highest BCUT2D eigenvalue weighted by atomic mass is 16.5. The van der Waals surface area contributed by atoms with Crippen molar-refractivity contribution in [1.29, 1.82) is 0 Å². The summed E-state index contributed by atoms with van der Waals surface area (Å²) in [7, 11) is 1.72. The number of hydrogen-bond acceptors (Lipinski definition) is 5. The van der Waals surface area contributed by atoms with E-state index < -0.39 is 0 Å². The fourth-order valence-corrected chi connectivity index (χ4v) is 2.12. The fraction of sp³-hybridized carbons (Fsp3) is 0.500. The lowest BCUT2D eigenvalue weighted by Crippen LogP contribution is -2.33. The number of benzene rings is 1. The molecule has 2 rings (SSSR count). The molecule has 0 fully saturated rings. The molecule has 0 aliphatic carbocycles. The van der Waals surface area contributed by atoms with Gasteiger partial charge in [0.05, 0.1) is 18.8 Å². The molecule has 0 spiro atoms. The molecule has 0 amide bonds. The molecule has 0 saturated heterocycles. The van der Waals surface area contributed by atoms with Gasteiger partial charge in [0, 0.05) is 13.2 Å². The monoisotopic (exact) mass is 275 g/mol. The van der Waals surface area contributed by atoms with Crippen molar-refractivity contribution in [1.82, 2.24) is 25.5 Å². The Morgan fingerprint density at radius 1 is 1.30 bits per heavy atom. The smallest absolute Gasteiger partial charge is 0.170 e. The van der Waals surface area contributed by atoms with E-state index in [4.69, 9.17) is 4.74 Å². The molecular weight excluding hydrogens is 254 g/mol. The van der Waals surface area contributed by atoms with Crippen molar-refractivity contribution in [2.24, 2.45) is 0 Å². The number of tetrazole rings is 1. The Morgan fingerprint density at radius 2 is 2.10 bits per heavy atom. The molecule has 0 aliphatic heterocycles. The minimum Gasteiger partial charge on any atom is -0.383 e. The second-order valence-electron chi connectivity index (χ2n) is 4.66. The van der Waals surface area contributed by atoms with Crippen molar-refractivity contribution >= 4 is 0 Å². The lowest BCUT2D eigenvalue weighted by atomic mass is 10.2. The van der Waals surface area contributed by atoms with E-state index >= 15 is 0 Å². The number of rotatable bonds is 8. The van der Waals surface area contributed by atoms with Crippen LogP contribution in [0.2, 0.25) is 0 Å². The number of aromatic nitrogens is 4. The Kier molecular flexibility index (Phi) is 5.64. The number of para-hydroxylation sites is 1. The van der Waals surface area contributed by atoms with E-state index in [9.17, 15) is 0 Å². The van der Waals surface area contributed by atoms with Crippen LogP contribution in [0, 0.1) is 0 Å². The molecule has 1 heterocycles. The van der Waals surface area contributed by atoms with E-state index in [0.29, 0.717) is 19.2 Å². The molecule has 1 aromatic heterocycles. The number of methoxy groups -OCH3 is 1. The van der Waals surface area contributed by atoms with E-state index in [2.05, 4.69) is 27.8 Å². The highest BCUT2D eigenvalue weighted by Crippen LogP contribution is 2.07. The molecule has 1 aromatic carbocycles. The van der Waals surface area contributed by atoms with Gasteiger partial charge in [0.25, 0.3) is 0 Å². The summed E-state index contributed by atoms with van der Waals surface area (Å²) in [6, 6.07) is 10.2. The quantitative estimate of drug-likeness (QED) is 0.792. The molecule has 0 radical (unpaired) electrons. The molecule has 2 aromatic rings. The normalized spacial score (nSPS) is 12.5. The van der Waals surface area contributed by atoms with Crippen LogP contribution in [0.5, 0.6) is 0 Å². The molecule has 6 nitrogen and oxygen atoms in total. The number of nitrogens with one attached hydrogen (secondary N) is 1. The second kappa shape index (κ2) is 7.72. The Bertz CT molecular complexity index is 493. The number of ether oxygens (including phenoxy) is 1. The summed E-state index contributed by atoms with van der Waals surface area (Å²) >= 11 is 0. The number of nitrogens with zero attached hydrogens (tertiary/aromatic N) is 4. The first kappa shape index (κ1) is 14.6. The summed E-state index contributed by atoms with van der Waals surface area (Å²) in [4.78, 5) is 0. The van der Waals surface area contributed by atoms with Gasteiger partial charge >= 0.3 is 0 Å². The summed E-state index contributed by atoms with van der Waals surface area (Å²) in [5, 5.41) is 15.3. The van der Waals surface area contributed by atoms with Crippen LogP contribution in [0.15, 0.2) is 30.3 Å². The van der Waals surface area contributed by atoms with Crippen LogP contribution in [-0.4, -0.2) is 40.0 Å². The van der Waals surface area contributed by atoms with Crippen LogP contribution in [0.1, 0.15) is 25.6 Å². The molecule has 1 atom stereocenters. The van der Waals surface area contributed by atoms with Gasteiger partial charge in [-0.25, -0.2) is 0 Å². The molecule has 0 bridgehead atoms. The van der Waals surface area contributed by atoms with Gasteiger partial charge in [-0.1, -0.05) is 31.5 Å². The van der Waals surface area contributed by atoms with Crippen LogP contribution in [0.25, 0.3) is 5.69 Å². The molecule has 20 heavy (non-hydrogen) atoms. The van der Waals surface area contributed by atoms with Gasteiger partial charge in [0.1, 0.15) is 0 Å². The van der Waals surface area contributed by atoms with E-state index in [1.807, 2.05) is 30.3 Å². The van der Waals surface area contributed by atoms with Gasteiger partial charge in [-0.15, -0.1) is 5.10 Å². The van der Waals surface area contributed by atoms with Crippen LogP contribution < -0.4 is 5.32 Å². The SMILES string of the molecule is CCCC(COC)NCc1nnnn1-c1ccccc1. The first-order valence-corrected chi connectivity index (χ1v) is 6.90. The van der Waals surface area contributed by atoms with Gasteiger partial charge in [0.2, 0.25) is 0 Å². The zero-order valence-corrected chi connectivity index (χ0v) is 12.0. The third-order valence-electron chi connectivity index (χ3n) is 3.09. The highest BCUT2D eigenvalue weighted by molar-refractivity contribution is 5.30. The van der Waals surface area contributed by atoms with E-state index in [-0.39, 0.29) is 0 Å². The van der Waals surface area contributed by atoms with Gasteiger partial charge < -0.3 is 10.1 Å². The topological polar surface area (TPSA) is 64.9 Å². The first-order chi connectivity index (χ1) is 9.85. The third-order valence-corrected chi connectivity index (χ3v) is 3.09. The van der Waals surface area contributed by atoms with Crippen molar-refractivity contribution in [3.05, 3.63) is 36.2 Å². The lowest BCUT2D eigenvalue weighted by Gasteiger charge is -2.16. The minimum absolute atomic E-state index is 0.325. The Morgan fingerprint density at radius 3 is 2.80 bits per heavy atom. The molecule has 6 heteroatoms. The third kappa shape index (κ3) is 3.85. The predicted octanol–water partition coefficient (Wildman–Crippen LogP) is 1.57. The Balaban J connectivity index is 2.02.